The molecule has 0 N–H and O–H groups in total. The number of likely N-dealkylation sites (N-methyl/N-ethyl adjacent to an activating group) is 1. The topological polar surface area (TPSA) is 62.5 Å². The van der Waals surface area contributed by atoms with Crippen LogP contribution in [0.4, 0.5) is 0 Å². The normalized spacial score (nSPS) is 15.8. The summed E-state index contributed by atoms with van der Waals surface area (Å²) in [4.78, 5) is 20.7. The Morgan fingerprint density at radius 2 is 1.91 bits per heavy atom. The molecule has 1 aliphatic heterocycles. The van der Waals surface area contributed by atoms with Gasteiger partial charge < -0.3 is 14.3 Å². The summed E-state index contributed by atoms with van der Waals surface area (Å²) in [6.45, 7) is 3.46. The number of carbonyl (C=O) groups excluding carboxylic acids is 1. The van der Waals surface area contributed by atoms with Crippen molar-refractivity contribution in [2.75, 3.05) is 33.2 Å². The zero-order valence-corrected chi connectivity index (χ0v) is 15.2. The molecule has 23 heavy (non-hydrogen) atoms. The van der Waals surface area contributed by atoms with E-state index < -0.39 is 0 Å². The van der Waals surface area contributed by atoms with Crippen LogP contribution < -0.4 is 0 Å². The van der Waals surface area contributed by atoms with Crippen molar-refractivity contribution in [1.29, 1.82) is 0 Å². The van der Waals surface area contributed by atoms with Crippen molar-refractivity contribution in [2.45, 2.75) is 12.8 Å². The summed E-state index contributed by atoms with van der Waals surface area (Å²) in [5.41, 5.74) is 0.922. The first-order valence-corrected chi connectivity index (χ1v) is 8.74. The molecule has 122 valence electrons. The molecule has 0 aliphatic carbocycles. The fraction of sp³-hybridized carbons (Fsp3) is 0.438. The van der Waals surface area contributed by atoms with Crippen LogP contribution in [0.2, 0.25) is 0 Å². The van der Waals surface area contributed by atoms with E-state index in [-0.39, 0.29) is 5.91 Å². The second-order valence-corrected chi connectivity index (χ2v) is 6.95. The van der Waals surface area contributed by atoms with Gasteiger partial charge in [0.15, 0.2) is 0 Å². The van der Waals surface area contributed by atoms with Gasteiger partial charge in [-0.3, -0.25) is 4.79 Å². The molecule has 1 fully saturated rings. The number of carbonyl (C=O) groups is 1. The van der Waals surface area contributed by atoms with Crippen LogP contribution in [-0.4, -0.2) is 59.1 Å². The summed E-state index contributed by atoms with van der Waals surface area (Å²) in [7, 11) is 2.08. The van der Waals surface area contributed by atoms with Gasteiger partial charge in [-0.2, -0.15) is 4.98 Å². The van der Waals surface area contributed by atoms with Crippen LogP contribution in [0.5, 0.6) is 0 Å². The SMILES string of the molecule is CN1CCN(C(=O)CCc2nc(-c3ccc(I)cc3)no2)CC1. The number of halogens is 1. The molecule has 6 nitrogen and oxygen atoms in total. The number of rotatable bonds is 4. The zero-order chi connectivity index (χ0) is 16.2. The molecule has 1 aliphatic rings. The molecular weight excluding hydrogens is 407 g/mol. The smallest absolute Gasteiger partial charge is 0.227 e. The van der Waals surface area contributed by atoms with Crippen molar-refractivity contribution in [3.63, 3.8) is 0 Å². The summed E-state index contributed by atoms with van der Waals surface area (Å²) in [5.74, 6) is 1.25. The van der Waals surface area contributed by atoms with Crippen LogP contribution in [0.15, 0.2) is 28.8 Å². The molecule has 1 amide bonds. The number of hydrogen-bond acceptors (Lipinski definition) is 5. The van der Waals surface area contributed by atoms with Gasteiger partial charge in [-0.15, -0.1) is 0 Å². The fourth-order valence-electron chi connectivity index (χ4n) is 2.50. The molecule has 1 aromatic carbocycles. The molecule has 7 heteroatoms. The van der Waals surface area contributed by atoms with Gasteiger partial charge in [0.05, 0.1) is 0 Å². The minimum absolute atomic E-state index is 0.159. The van der Waals surface area contributed by atoms with Crippen molar-refractivity contribution in [3.8, 4) is 11.4 Å². The van der Waals surface area contributed by atoms with Crippen LogP contribution >= 0.6 is 22.6 Å². The summed E-state index contributed by atoms with van der Waals surface area (Å²) in [6, 6.07) is 7.93. The number of benzene rings is 1. The first-order valence-electron chi connectivity index (χ1n) is 7.66. The maximum Gasteiger partial charge on any atom is 0.227 e. The van der Waals surface area contributed by atoms with Gasteiger partial charge >= 0.3 is 0 Å². The first kappa shape index (κ1) is 16.4. The summed E-state index contributed by atoms with van der Waals surface area (Å²) < 4.78 is 6.42. The van der Waals surface area contributed by atoms with Crippen LogP contribution in [0.3, 0.4) is 0 Å². The highest BCUT2D eigenvalue weighted by atomic mass is 127. The Morgan fingerprint density at radius 3 is 2.61 bits per heavy atom. The Bertz CT molecular complexity index is 663. The van der Waals surface area contributed by atoms with Gasteiger partial charge in [-0.1, -0.05) is 17.3 Å². The molecule has 3 rings (SSSR count). The number of aromatic nitrogens is 2. The molecule has 0 radical (unpaired) electrons. The van der Waals surface area contributed by atoms with E-state index in [9.17, 15) is 4.79 Å². The van der Waals surface area contributed by atoms with E-state index in [1.54, 1.807) is 0 Å². The van der Waals surface area contributed by atoms with E-state index in [2.05, 4.69) is 44.7 Å². The predicted octanol–water partition coefficient (Wildman–Crippen LogP) is 2.05. The lowest BCUT2D eigenvalue weighted by molar-refractivity contribution is -0.132. The molecule has 0 bridgehead atoms. The third-order valence-corrected chi connectivity index (χ3v) is 4.70. The summed E-state index contributed by atoms with van der Waals surface area (Å²) in [5, 5.41) is 4.00. The van der Waals surface area contributed by atoms with Crippen molar-refractivity contribution in [3.05, 3.63) is 33.7 Å². The highest BCUT2D eigenvalue weighted by Gasteiger charge is 2.19. The van der Waals surface area contributed by atoms with Gasteiger partial charge in [0, 0.05) is 48.2 Å². The van der Waals surface area contributed by atoms with E-state index in [1.807, 2.05) is 29.2 Å². The molecule has 2 heterocycles. The van der Waals surface area contributed by atoms with E-state index in [0.717, 1.165) is 35.3 Å². The monoisotopic (exact) mass is 426 g/mol. The molecule has 0 spiro atoms. The second kappa shape index (κ2) is 7.39. The van der Waals surface area contributed by atoms with E-state index >= 15 is 0 Å². The number of aryl methyl sites for hydroxylation is 1. The largest absolute Gasteiger partial charge is 0.340 e. The first-order chi connectivity index (χ1) is 11.1. The molecular formula is C16H19IN4O2. The number of nitrogens with zero attached hydrogens (tertiary/aromatic N) is 4. The van der Waals surface area contributed by atoms with Crippen LogP contribution in [0.1, 0.15) is 12.3 Å². The minimum Gasteiger partial charge on any atom is -0.340 e. The van der Waals surface area contributed by atoms with Crippen molar-refractivity contribution in [2.24, 2.45) is 0 Å². The van der Waals surface area contributed by atoms with Crippen LogP contribution in [0, 0.1) is 3.57 Å². The van der Waals surface area contributed by atoms with Crippen molar-refractivity contribution in [1.82, 2.24) is 19.9 Å². The van der Waals surface area contributed by atoms with E-state index in [0.29, 0.717) is 24.6 Å². The quantitative estimate of drug-likeness (QED) is 0.701. The molecule has 0 unspecified atom stereocenters. The maximum absolute atomic E-state index is 12.2. The minimum atomic E-state index is 0.159. The molecule has 0 atom stereocenters. The lowest BCUT2D eigenvalue weighted by Crippen LogP contribution is -2.47. The lowest BCUT2D eigenvalue weighted by Gasteiger charge is -2.32. The highest BCUT2D eigenvalue weighted by molar-refractivity contribution is 14.1. The Hall–Kier alpha value is -1.48. The van der Waals surface area contributed by atoms with Gasteiger partial charge in [0.25, 0.3) is 0 Å². The van der Waals surface area contributed by atoms with Gasteiger partial charge in [0.1, 0.15) is 0 Å². The zero-order valence-electron chi connectivity index (χ0n) is 13.0. The number of hydrogen-bond donors (Lipinski definition) is 0. The predicted molar refractivity (Wildman–Crippen MR) is 94.8 cm³/mol. The molecule has 1 aromatic heterocycles. The highest BCUT2D eigenvalue weighted by Crippen LogP contribution is 2.18. The van der Waals surface area contributed by atoms with Crippen molar-refractivity contribution < 1.29 is 9.32 Å². The maximum atomic E-state index is 12.2. The Labute approximate surface area is 149 Å². The third kappa shape index (κ3) is 4.29. The summed E-state index contributed by atoms with van der Waals surface area (Å²) >= 11 is 2.25. The second-order valence-electron chi connectivity index (χ2n) is 5.70. The fourth-order valence-corrected chi connectivity index (χ4v) is 2.86. The van der Waals surface area contributed by atoms with E-state index in [1.165, 1.54) is 0 Å². The molecule has 0 saturated carbocycles. The number of piperazine rings is 1. The van der Waals surface area contributed by atoms with Crippen molar-refractivity contribution >= 4 is 28.5 Å². The van der Waals surface area contributed by atoms with Crippen LogP contribution in [-0.2, 0) is 11.2 Å². The number of amides is 1. The Morgan fingerprint density at radius 1 is 1.22 bits per heavy atom. The van der Waals surface area contributed by atoms with Gasteiger partial charge in [-0.25, -0.2) is 0 Å². The molecule has 2 aromatic rings. The van der Waals surface area contributed by atoms with Gasteiger partial charge in [-0.05, 0) is 41.8 Å². The Kier molecular flexibility index (Phi) is 5.27. The summed E-state index contributed by atoms with van der Waals surface area (Å²) in [6.07, 6.45) is 0.903. The lowest BCUT2D eigenvalue weighted by atomic mass is 10.2. The van der Waals surface area contributed by atoms with Gasteiger partial charge in [0.2, 0.25) is 17.6 Å². The molecule has 1 saturated heterocycles. The average molecular weight is 426 g/mol. The van der Waals surface area contributed by atoms with Crippen LogP contribution in [0.25, 0.3) is 11.4 Å². The Balaban J connectivity index is 1.55. The third-order valence-electron chi connectivity index (χ3n) is 3.98. The van der Waals surface area contributed by atoms with E-state index in [4.69, 9.17) is 4.52 Å². The average Bonchev–Trinajstić information content (AvgIpc) is 3.03. The standard InChI is InChI=1S/C16H19IN4O2/c1-20-8-10-21(11-9-20)15(22)7-6-14-18-16(19-23-14)12-2-4-13(17)5-3-12/h2-5H,6-11H2,1H3.